The molecule has 1 amide bonds. The second-order valence-corrected chi connectivity index (χ2v) is 8.21. The molecule has 7 heteroatoms. The number of para-hydroxylation sites is 1. The molecule has 2 heterocycles. The number of carbonyl (C=O) groups excluding carboxylic acids is 1. The highest BCUT2D eigenvalue weighted by atomic mass is 16.5. The summed E-state index contributed by atoms with van der Waals surface area (Å²) < 4.78 is 12.6. The third-order valence-corrected chi connectivity index (χ3v) is 5.81. The van der Waals surface area contributed by atoms with Gasteiger partial charge in [-0.05, 0) is 24.1 Å². The number of methoxy groups -OCH3 is 2. The Morgan fingerprint density at radius 2 is 1.50 bits per heavy atom. The quantitative estimate of drug-likeness (QED) is 0.587. The number of rotatable bonds is 6. The Kier molecular flexibility index (Phi) is 6.35. The van der Waals surface area contributed by atoms with E-state index in [0.29, 0.717) is 18.8 Å². The molecule has 0 aliphatic carbocycles. The molecule has 1 saturated heterocycles. The Hall–Kier alpha value is -3.48. The maximum atomic E-state index is 13.5. The number of nitrogens with zero attached hydrogens (tertiary/aromatic N) is 4. The Morgan fingerprint density at radius 3 is 2.06 bits per heavy atom. The highest BCUT2D eigenvalue weighted by Gasteiger charge is 2.27. The van der Waals surface area contributed by atoms with E-state index in [1.165, 1.54) is 0 Å². The normalized spacial score (nSPS) is 14.0. The summed E-state index contributed by atoms with van der Waals surface area (Å²) in [5.74, 6) is 1.76. The van der Waals surface area contributed by atoms with Crippen LogP contribution in [0.25, 0.3) is 5.69 Å². The van der Waals surface area contributed by atoms with Gasteiger partial charge in [0.15, 0.2) is 0 Å². The molecule has 0 saturated carbocycles. The molecule has 1 fully saturated rings. The molecular weight excluding hydrogens is 404 g/mol. The fourth-order valence-electron chi connectivity index (χ4n) is 3.90. The summed E-state index contributed by atoms with van der Waals surface area (Å²) in [4.78, 5) is 17.6. The number of aromatic nitrogens is 2. The summed E-state index contributed by atoms with van der Waals surface area (Å²) in [5.41, 5.74) is 3.45. The van der Waals surface area contributed by atoms with Crippen LogP contribution in [0.15, 0.2) is 54.6 Å². The monoisotopic (exact) mass is 434 g/mol. The van der Waals surface area contributed by atoms with E-state index in [4.69, 9.17) is 14.6 Å². The number of carbonyl (C=O) groups is 1. The van der Waals surface area contributed by atoms with Crippen molar-refractivity contribution in [2.45, 2.75) is 19.8 Å². The van der Waals surface area contributed by atoms with E-state index < -0.39 is 0 Å². The SMILES string of the molecule is COc1cc(OC)cc(N2CCN(C(=O)c3cc(C(C)C)nn3-c3ccccc3)CC2)c1. The minimum atomic E-state index is 0.0103. The summed E-state index contributed by atoms with van der Waals surface area (Å²) in [7, 11) is 3.30. The summed E-state index contributed by atoms with van der Waals surface area (Å²) in [6.07, 6.45) is 0. The summed E-state index contributed by atoms with van der Waals surface area (Å²) in [5, 5.41) is 4.73. The maximum absolute atomic E-state index is 13.5. The van der Waals surface area contributed by atoms with E-state index >= 15 is 0 Å². The van der Waals surface area contributed by atoms with Gasteiger partial charge >= 0.3 is 0 Å². The maximum Gasteiger partial charge on any atom is 0.272 e. The fourth-order valence-corrected chi connectivity index (χ4v) is 3.90. The van der Waals surface area contributed by atoms with Crippen LogP contribution in [0.2, 0.25) is 0 Å². The van der Waals surface area contributed by atoms with Gasteiger partial charge in [-0.1, -0.05) is 32.0 Å². The van der Waals surface area contributed by atoms with Crippen LogP contribution in [0.4, 0.5) is 5.69 Å². The smallest absolute Gasteiger partial charge is 0.272 e. The lowest BCUT2D eigenvalue weighted by molar-refractivity contribution is 0.0737. The molecule has 168 valence electrons. The third-order valence-electron chi connectivity index (χ3n) is 5.81. The number of piperazine rings is 1. The minimum Gasteiger partial charge on any atom is -0.497 e. The van der Waals surface area contributed by atoms with Gasteiger partial charge in [0.1, 0.15) is 17.2 Å². The standard InChI is InChI=1S/C25H30N4O3/c1-18(2)23-17-24(29(26-23)19-8-6-5-7-9-19)25(30)28-12-10-27(11-13-28)20-14-21(31-3)16-22(15-20)32-4/h5-9,14-18H,10-13H2,1-4H3. The van der Waals surface area contributed by atoms with Gasteiger partial charge in [0.05, 0.1) is 25.6 Å². The van der Waals surface area contributed by atoms with Gasteiger partial charge in [-0.15, -0.1) is 0 Å². The van der Waals surface area contributed by atoms with Gasteiger partial charge in [-0.2, -0.15) is 5.10 Å². The summed E-state index contributed by atoms with van der Waals surface area (Å²) in [6, 6.07) is 17.6. The van der Waals surface area contributed by atoms with Crippen molar-refractivity contribution in [3.05, 3.63) is 66.0 Å². The molecule has 7 nitrogen and oxygen atoms in total. The van der Waals surface area contributed by atoms with Gasteiger partial charge in [-0.3, -0.25) is 4.79 Å². The Bertz CT molecular complexity index is 1050. The summed E-state index contributed by atoms with van der Waals surface area (Å²) >= 11 is 0. The van der Waals surface area contributed by atoms with Crippen LogP contribution in [0.3, 0.4) is 0 Å². The van der Waals surface area contributed by atoms with Crippen LogP contribution < -0.4 is 14.4 Å². The van der Waals surface area contributed by atoms with Crippen LogP contribution in [-0.4, -0.2) is 61.0 Å². The Balaban J connectivity index is 1.53. The average Bonchev–Trinajstić information content (AvgIpc) is 3.30. The molecule has 1 aliphatic rings. The van der Waals surface area contributed by atoms with Gasteiger partial charge in [0, 0.05) is 50.1 Å². The molecule has 0 atom stereocenters. The first kappa shape index (κ1) is 21.7. The predicted molar refractivity (Wildman–Crippen MR) is 125 cm³/mol. The van der Waals surface area contributed by atoms with Crippen molar-refractivity contribution in [2.24, 2.45) is 0 Å². The highest BCUT2D eigenvalue weighted by molar-refractivity contribution is 5.93. The van der Waals surface area contributed by atoms with Crippen LogP contribution in [0.5, 0.6) is 11.5 Å². The zero-order chi connectivity index (χ0) is 22.7. The Labute approximate surface area is 189 Å². The first-order valence-corrected chi connectivity index (χ1v) is 10.9. The molecule has 0 spiro atoms. The molecular formula is C25H30N4O3. The highest BCUT2D eigenvalue weighted by Crippen LogP contribution is 2.29. The van der Waals surface area contributed by atoms with E-state index in [-0.39, 0.29) is 11.8 Å². The molecule has 0 bridgehead atoms. The lowest BCUT2D eigenvalue weighted by atomic mass is 10.1. The second-order valence-electron chi connectivity index (χ2n) is 8.21. The predicted octanol–water partition coefficient (Wildman–Crippen LogP) is 3.98. The molecule has 4 rings (SSSR count). The molecule has 1 aromatic heterocycles. The zero-order valence-corrected chi connectivity index (χ0v) is 19.1. The summed E-state index contributed by atoms with van der Waals surface area (Å²) in [6.45, 7) is 6.92. The van der Waals surface area contributed by atoms with Gasteiger partial charge < -0.3 is 19.3 Å². The van der Waals surface area contributed by atoms with E-state index in [1.54, 1.807) is 18.9 Å². The molecule has 3 aromatic rings. The topological polar surface area (TPSA) is 59.8 Å². The van der Waals surface area contributed by atoms with Crippen molar-refractivity contribution in [3.63, 3.8) is 0 Å². The number of ether oxygens (including phenoxy) is 2. The largest absolute Gasteiger partial charge is 0.497 e. The van der Waals surface area contributed by atoms with Crippen molar-refractivity contribution in [1.29, 1.82) is 0 Å². The molecule has 0 N–H and O–H groups in total. The Morgan fingerprint density at radius 1 is 0.875 bits per heavy atom. The van der Waals surface area contributed by atoms with Crippen LogP contribution in [-0.2, 0) is 0 Å². The van der Waals surface area contributed by atoms with Crippen molar-refractivity contribution in [2.75, 3.05) is 45.3 Å². The number of amides is 1. The third kappa shape index (κ3) is 4.42. The lowest BCUT2D eigenvalue weighted by Crippen LogP contribution is -2.49. The van der Waals surface area contributed by atoms with E-state index in [0.717, 1.165) is 41.7 Å². The van der Waals surface area contributed by atoms with Crippen LogP contribution in [0.1, 0.15) is 35.9 Å². The van der Waals surface area contributed by atoms with Gasteiger partial charge in [0.2, 0.25) is 0 Å². The van der Waals surface area contributed by atoms with Gasteiger partial charge in [0.25, 0.3) is 5.91 Å². The van der Waals surface area contributed by atoms with Crippen LogP contribution >= 0.6 is 0 Å². The van der Waals surface area contributed by atoms with Gasteiger partial charge in [-0.25, -0.2) is 4.68 Å². The second kappa shape index (κ2) is 9.34. The molecule has 0 unspecified atom stereocenters. The number of hydrogen-bond donors (Lipinski definition) is 0. The van der Waals surface area contributed by atoms with Crippen molar-refractivity contribution in [3.8, 4) is 17.2 Å². The molecule has 2 aromatic carbocycles. The van der Waals surface area contributed by atoms with E-state index in [2.05, 4.69) is 18.7 Å². The zero-order valence-electron chi connectivity index (χ0n) is 19.1. The minimum absolute atomic E-state index is 0.0103. The van der Waals surface area contributed by atoms with Crippen molar-refractivity contribution in [1.82, 2.24) is 14.7 Å². The first-order chi connectivity index (χ1) is 15.5. The van der Waals surface area contributed by atoms with E-state index in [1.807, 2.05) is 59.5 Å². The van der Waals surface area contributed by atoms with Crippen LogP contribution in [0, 0.1) is 0 Å². The number of hydrogen-bond acceptors (Lipinski definition) is 5. The molecule has 1 aliphatic heterocycles. The van der Waals surface area contributed by atoms with E-state index in [9.17, 15) is 4.79 Å². The molecule has 0 radical (unpaired) electrons. The first-order valence-electron chi connectivity index (χ1n) is 10.9. The lowest BCUT2D eigenvalue weighted by Gasteiger charge is -2.36. The molecule has 32 heavy (non-hydrogen) atoms. The average molecular weight is 435 g/mol. The van der Waals surface area contributed by atoms with Crippen molar-refractivity contribution < 1.29 is 14.3 Å². The fraction of sp³-hybridized carbons (Fsp3) is 0.360. The number of anilines is 1. The van der Waals surface area contributed by atoms with Crippen molar-refractivity contribution >= 4 is 11.6 Å². The number of benzene rings is 2.